The predicted molar refractivity (Wildman–Crippen MR) is 141 cm³/mol. The monoisotopic (exact) mass is 568 g/mol. The van der Waals surface area contributed by atoms with Gasteiger partial charge in [-0.1, -0.05) is 62.0 Å². The molecule has 1 aliphatic rings. The van der Waals surface area contributed by atoms with Gasteiger partial charge in [0.1, 0.15) is 11.8 Å². The minimum absolute atomic E-state index is 0.128. The quantitative estimate of drug-likeness (QED) is 0.352. The average molecular weight is 570 g/mol. The van der Waals surface area contributed by atoms with Crippen LogP contribution in [0.4, 0.5) is 0 Å². The molecule has 2 aromatic rings. The maximum atomic E-state index is 13.4. The Labute approximate surface area is 220 Å². The van der Waals surface area contributed by atoms with Crippen molar-refractivity contribution in [2.75, 3.05) is 6.61 Å². The zero-order valence-corrected chi connectivity index (χ0v) is 22.7. The molecule has 0 aromatic heterocycles. The van der Waals surface area contributed by atoms with E-state index in [9.17, 15) is 9.59 Å². The van der Waals surface area contributed by atoms with E-state index in [0.29, 0.717) is 22.2 Å². The summed E-state index contributed by atoms with van der Waals surface area (Å²) in [7, 11) is 0. The molecule has 1 fully saturated rings. The number of aryl methyl sites for hydroxylation is 1. The minimum atomic E-state index is -0.614. The molecule has 3 rings (SSSR count). The van der Waals surface area contributed by atoms with Gasteiger partial charge >= 0.3 is 0 Å². The first-order valence-electron chi connectivity index (χ1n) is 11.8. The molecule has 0 bridgehead atoms. The number of halogens is 3. The molecule has 0 heterocycles. The van der Waals surface area contributed by atoms with E-state index in [1.807, 2.05) is 31.2 Å². The number of ether oxygens (including phenoxy) is 1. The molecule has 2 aromatic carbocycles. The van der Waals surface area contributed by atoms with Gasteiger partial charge in [0.15, 0.2) is 6.61 Å². The first-order chi connectivity index (χ1) is 16.3. The highest BCUT2D eigenvalue weighted by Crippen LogP contribution is 2.27. The summed E-state index contributed by atoms with van der Waals surface area (Å²) >= 11 is 15.8. The standard InChI is InChI=1S/C26H31BrCl2N2O3/c1-3-17-10-12-24(20(27)13-17)34-16-25(32)31(15-18-9-11-21(28)22(29)14-18)23(4-2)26(33)30-19-7-5-6-8-19/h9-14,19,23H,3-8,15-16H2,1-2H3,(H,30,33). The van der Waals surface area contributed by atoms with Gasteiger partial charge in [0.05, 0.1) is 14.5 Å². The van der Waals surface area contributed by atoms with Gasteiger partial charge in [-0.05, 0) is 77.0 Å². The topological polar surface area (TPSA) is 58.6 Å². The van der Waals surface area contributed by atoms with E-state index in [-0.39, 0.29) is 31.0 Å². The van der Waals surface area contributed by atoms with Crippen LogP contribution in [0.3, 0.4) is 0 Å². The summed E-state index contributed by atoms with van der Waals surface area (Å²) in [6.45, 7) is 4.04. The Kier molecular flexibility index (Phi) is 10.1. The molecule has 1 unspecified atom stereocenters. The molecular weight excluding hydrogens is 539 g/mol. The van der Waals surface area contributed by atoms with Gasteiger partial charge in [-0.25, -0.2) is 0 Å². The number of amides is 2. The fraction of sp³-hybridized carbons (Fsp3) is 0.462. The van der Waals surface area contributed by atoms with Crippen LogP contribution in [-0.4, -0.2) is 35.4 Å². The summed E-state index contributed by atoms with van der Waals surface area (Å²) in [5.74, 6) is 0.186. The van der Waals surface area contributed by atoms with E-state index in [4.69, 9.17) is 27.9 Å². The van der Waals surface area contributed by atoms with E-state index >= 15 is 0 Å². The van der Waals surface area contributed by atoms with Crippen molar-refractivity contribution in [2.24, 2.45) is 0 Å². The molecule has 34 heavy (non-hydrogen) atoms. The molecule has 184 valence electrons. The Morgan fingerprint density at radius 2 is 1.79 bits per heavy atom. The van der Waals surface area contributed by atoms with Gasteiger partial charge in [-0.2, -0.15) is 0 Å². The maximum absolute atomic E-state index is 13.4. The van der Waals surface area contributed by atoms with Gasteiger partial charge < -0.3 is 15.0 Å². The Hall–Kier alpha value is -1.76. The third-order valence-electron chi connectivity index (χ3n) is 6.18. The second kappa shape index (κ2) is 12.8. The number of hydrogen-bond acceptors (Lipinski definition) is 3. The van der Waals surface area contributed by atoms with E-state index in [2.05, 4.69) is 28.2 Å². The van der Waals surface area contributed by atoms with Crippen LogP contribution in [0.5, 0.6) is 5.75 Å². The van der Waals surface area contributed by atoms with Crippen molar-refractivity contribution in [3.05, 3.63) is 62.0 Å². The first kappa shape index (κ1) is 26.8. The normalized spacial score (nSPS) is 14.6. The zero-order chi connectivity index (χ0) is 24.7. The molecule has 2 amide bonds. The fourth-order valence-electron chi connectivity index (χ4n) is 4.23. The fourth-order valence-corrected chi connectivity index (χ4v) is 5.09. The van der Waals surface area contributed by atoms with Gasteiger partial charge in [0, 0.05) is 12.6 Å². The molecule has 8 heteroatoms. The maximum Gasteiger partial charge on any atom is 0.261 e. The molecule has 1 atom stereocenters. The van der Waals surface area contributed by atoms with E-state index in [0.717, 1.165) is 42.1 Å². The Balaban J connectivity index is 1.79. The summed E-state index contributed by atoms with van der Waals surface area (Å²) in [5.41, 5.74) is 1.96. The van der Waals surface area contributed by atoms with Crippen LogP contribution in [0, 0.1) is 0 Å². The highest BCUT2D eigenvalue weighted by Gasteiger charge is 2.31. The lowest BCUT2D eigenvalue weighted by Crippen LogP contribution is -2.52. The van der Waals surface area contributed by atoms with Crippen molar-refractivity contribution in [1.82, 2.24) is 10.2 Å². The van der Waals surface area contributed by atoms with Crippen LogP contribution >= 0.6 is 39.1 Å². The van der Waals surface area contributed by atoms with Gasteiger partial charge in [-0.15, -0.1) is 0 Å². The number of hydrogen-bond donors (Lipinski definition) is 1. The highest BCUT2D eigenvalue weighted by atomic mass is 79.9. The molecule has 0 saturated heterocycles. The lowest BCUT2D eigenvalue weighted by molar-refractivity contribution is -0.143. The van der Waals surface area contributed by atoms with E-state index in [1.165, 1.54) is 5.56 Å². The summed E-state index contributed by atoms with van der Waals surface area (Å²) < 4.78 is 6.64. The Morgan fingerprint density at radius 1 is 1.09 bits per heavy atom. The van der Waals surface area contributed by atoms with Crippen molar-refractivity contribution in [3.8, 4) is 5.75 Å². The van der Waals surface area contributed by atoms with Gasteiger partial charge in [0.25, 0.3) is 5.91 Å². The van der Waals surface area contributed by atoms with Crippen molar-refractivity contribution in [2.45, 2.75) is 71.0 Å². The molecule has 0 spiro atoms. The predicted octanol–water partition coefficient (Wildman–Crippen LogP) is 6.56. The molecule has 1 N–H and O–H groups in total. The van der Waals surface area contributed by atoms with Crippen LogP contribution in [-0.2, 0) is 22.6 Å². The van der Waals surface area contributed by atoms with Crippen LogP contribution in [0.1, 0.15) is 57.1 Å². The number of carbonyl (C=O) groups is 2. The zero-order valence-electron chi connectivity index (χ0n) is 19.6. The summed E-state index contributed by atoms with van der Waals surface area (Å²) in [6, 6.07) is 10.6. The largest absolute Gasteiger partial charge is 0.483 e. The van der Waals surface area contributed by atoms with Gasteiger partial charge in [-0.3, -0.25) is 9.59 Å². The summed E-state index contributed by atoms with van der Waals surface area (Å²) in [4.78, 5) is 28.2. The number of nitrogens with one attached hydrogen (secondary N) is 1. The first-order valence-corrected chi connectivity index (χ1v) is 13.3. The summed E-state index contributed by atoms with van der Waals surface area (Å²) in [5, 5.41) is 3.99. The van der Waals surface area contributed by atoms with Crippen molar-refractivity contribution < 1.29 is 14.3 Å². The van der Waals surface area contributed by atoms with Crippen molar-refractivity contribution >= 4 is 50.9 Å². The SMILES string of the molecule is CCc1ccc(OCC(=O)N(Cc2ccc(Cl)c(Cl)c2)C(CC)C(=O)NC2CCCC2)c(Br)c1. The third-order valence-corrected chi connectivity index (χ3v) is 7.54. The molecule has 5 nitrogen and oxygen atoms in total. The lowest BCUT2D eigenvalue weighted by atomic mass is 10.1. The molecule has 0 aliphatic heterocycles. The smallest absolute Gasteiger partial charge is 0.261 e. The van der Waals surface area contributed by atoms with Crippen LogP contribution < -0.4 is 10.1 Å². The van der Waals surface area contributed by atoms with Crippen LogP contribution in [0.15, 0.2) is 40.9 Å². The minimum Gasteiger partial charge on any atom is -0.483 e. The van der Waals surface area contributed by atoms with Crippen molar-refractivity contribution in [1.29, 1.82) is 0 Å². The van der Waals surface area contributed by atoms with Crippen LogP contribution in [0.25, 0.3) is 0 Å². The summed E-state index contributed by atoms with van der Waals surface area (Å²) in [6.07, 6.45) is 5.59. The molecular formula is C26H31BrCl2N2O3. The Bertz CT molecular complexity index is 1010. The van der Waals surface area contributed by atoms with Gasteiger partial charge in [0.2, 0.25) is 5.91 Å². The number of carbonyl (C=O) groups excluding carboxylic acids is 2. The molecule has 0 radical (unpaired) electrons. The Morgan fingerprint density at radius 3 is 2.41 bits per heavy atom. The van der Waals surface area contributed by atoms with E-state index < -0.39 is 6.04 Å². The molecule has 1 saturated carbocycles. The van der Waals surface area contributed by atoms with Crippen LogP contribution in [0.2, 0.25) is 10.0 Å². The highest BCUT2D eigenvalue weighted by molar-refractivity contribution is 9.10. The number of benzene rings is 2. The lowest BCUT2D eigenvalue weighted by Gasteiger charge is -2.31. The number of nitrogens with zero attached hydrogens (tertiary/aromatic N) is 1. The number of rotatable bonds is 10. The average Bonchev–Trinajstić information content (AvgIpc) is 3.33. The third kappa shape index (κ3) is 7.12. The second-order valence-electron chi connectivity index (χ2n) is 8.59. The second-order valence-corrected chi connectivity index (χ2v) is 10.3. The van der Waals surface area contributed by atoms with E-state index in [1.54, 1.807) is 17.0 Å². The molecule has 1 aliphatic carbocycles. The van der Waals surface area contributed by atoms with Crippen molar-refractivity contribution in [3.63, 3.8) is 0 Å².